The van der Waals surface area contributed by atoms with Crippen LogP contribution in [0.2, 0.25) is 0 Å². The van der Waals surface area contributed by atoms with Gasteiger partial charge < -0.3 is 19.9 Å². The molecule has 0 fully saturated rings. The number of hydrogen-bond donors (Lipinski definition) is 2. The first-order valence-corrected chi connectivity index (χ1v) is 11.3. The molecule has 0 bridgehead atoms. The number of anilines is 1. The molecule has 0 saturated heterocycles. The van der Waals surface area contributed by atoms with E-state index in [1.54, 1.807) is 61.2 Å². The summed E-state index contributed by atoms with van der Waals surface area (Å²) in [6, 6.07) is 17.2. The van der Waals surface area contributed by atoms with Crippen LogP contribution in [0.1, 0.15) is 16.1 Å². The normalized spacial score (nSPS) is 10.9. The van der Waals surface area contributed by atoms with Crippen molar-refractivity contribution >= 4 is 22.6 Å². The van der Waals surface area contributed by atoms with Gasteiger partial charge in [-0.05, 0) is 43.3 Å². The Bertz CT molecular complexity index is 1670. The number of methoxy groups -OCH3 is 1. The molecule has 10 heteroatoms. The van der Waals surface area contributed by atoms with Crippen molar-refractivity contribution < 1.29 is 19.4 Å². The lowest BCUT2D eigenvalue weighted by Gasteiger charge is -2.11. The van der Waals surface area contributed by atoms with Crippen LogP contribution in [0.5, 0.6) is 23.0 Å². The number of amides is 1. The number of benzene rings is 2. The molecule has 37 heavy (non-hydrogen) atoms. The monoisotopic (exact) mass is 497 g/mol. The van der Waals surface area contributed by atoms with Gasteiger partial charge in [0.05, 0.1) is 30.2 Å². The number of para-hydroxylation sites is 1. The molecule has 5 aromatic rings. The molecule has 5 rings (SSSR count). The lowest BCUT2D eigenvalue weighted by atomic mass is 10.2. The van der Waals surface area contributed by atoms with E-state index < -0.39 is 11.5 Å². The first kappa shape index (κ1) is 23.6. The van der Waals surface area contributed by atoms with Crippen LogP contribution in [-0.2, 0) is 7.05 Å². The van der Waals surface area contributed by atoms with Gasteiger partial charge in [0, 0.05) is 24.7 Å². The Hall–Kier alpha value is -5.12. The van der Waals surface area contributed by atoms with Gasteiger partial charge in [0.15, 0.2) is 11.5 Å². The minimum absolute atomic E-state index is 0.0226. The lowest BCUT2D eigenvalue weighted by molar-refractivity contribution is 0.102. The largest absolute Gasteiger partial charge is 0.504 e. The van der Waals surface area contributed by atoms with Crippen molar-refractivity contribution in [3.8, 4) is 28.7 Å². The van der Waals surface area contributed by atoms with Crippen LogP contribution in [0.4, 0.5) is 5.82 Å². The number of aromatic nitrogens is 4. The van der Waals surface area contributed by atoms with Gasteiger partial charge in [0.25, 0.3) is 11.5 Å². The summed E-state index contributed by atoms with van der Waals surface area (Å²) < 4.78 is 14.3. The number of carbonyl (C=O) groups is 1. The minimum Gasteiger partial charge on any atom is -0.504 e. The van der Waals surface area contributed by atoms with E-state index in [0.717, 1.165) is 0 Å². The fraction of sp³-hybridized carbons (Fsp3) is 0.111. The zero-order valence-electron chi connectivity index (χ0n) is 20.3. The number of nitrogens with one attached hydrogen (secondary N) is 1. The summed E-state index contributed by atoms with van der Waals surface area (Å²) in [5.74, 6) is 0.885. The number of phenols is 1. The van der Waals surface area contributed by atoms with Crippen LogP contribution < -0.4 is 20.3 Å². The molecule has 0 aliphatic heterocycles. The summed E-state index contributed by atoms with van der Waals surface area (Å²) in [5.41, 5.74) is 1.33. The standard InChI is InChI=1S/C27H23N5O5/c1-16-25(27(35)32(31(16)2)17-7-5-4-6-8-17)26(34)30-24-10-9-18(15-29-24)37-22-11-12-28-20-14-21(33)23(36-3)13-19(20)22/h4-15,33H,1-3H3,(H,29,30,34). The van der Waals surface area contributed by atoms with Crippen molar-refractivity contribution in [2.75, 3.05) is 12.4 Å². The number of ether oxygens (including phenoxy) is 2. The van der Waals surface area contributed by atoms with Crippen molar-refractivity contribution in [1.82, 2.24) is 19.3 Å². The Labute approximate surface area is 211 Å². The van der Waals surface area contributed by atoms with Crippen LogP contribution in [-0.4, -0.2) is 37.5 Å². The topological polar surface area (TPSA) is 121 Å². The Morgan fingerprint density at radius 1 is 1.03 bits per heavy atom. The SMILES string of the molecule is COc1cc2c(Oc3ccc(NC(=O)c4c(C)n(C)n(-c5ccccc5)c4=O)nc3)ccnc2cc1O. The number of pyridine rings is 2. The predicted octanol–water partition coefficient (Wildman–Crippen LogP) is 4.19. The number of nitrogens with zero attached hydrogens (tertiary/aromatic N) is 4. The van der Waals surface area contributed by atoms with Gasteiger partial charge in [-0.25, -0.2) is 9.67 Å². The molecule has 2 aromatic carbocycles. The van der Waals surface area contributed by atoms with Gasteiger partial charge in [-0.1, -0.05) is 18.2 Å². The molecule has 3 heterocycles. The molecular weight excluding hydrogens is 474 g/mol. The second kappa shape index (κ2) is 9.50. The zero-order chi connectivity index (χ0) is 26.1. The average Bonchev–Trinajstić information content (AvgIpc) is 3.13. The van der Waals surface area contributed by atoms with E-state index in [2.05, 4.69) is 15.3 Å². The third-order valence-corrected chi connectivity index (χ3v) is 5.99. The van der Waals surface area contributed by atoms with Crippen molar-refractivity contribution in [1.29, 1.82) is 0 Å². The molecule has 0 spiro atoms. The van der Waals surface area contributed by atoms with Crippen LogP contribution in [0, 0.1) is 6.92 Å². The minimum atomic E-state index is -0.555. The Balaban J connectivity index is 1.37. The van der Waals surface area contributed by atoms with Gasteiger partial charge >= 0.3 is 0 Å². The zero-order valence-corrected chi connectivity index (χ0v) is 20.3. The quantitative estimate of drug-likeness (QED) is 0.361. The fourth-order valence-electron chi connectivity index (χ4n) is 4.04. The van der Waals surface area contributed by atoms with E-state index in [0.29, 0.717) is 39.5 Å². The molecular formula is C27H23N5O5. The summed E-state index contributed by atoms with van der Waals surface area (Å²) >= 11 is 0. The molecule has 10 nitrogen and oxygen atoms in total. The lowest BCUT2D eigenvalue weighted by Crippen LogP contribution is -2.25. The van der Waals surface area contributed by atoms with Crippen LogP contribution >= 0.6 is 0 Å². The van der Waals surface area contributed by atoms with E-state index >= 15 is 0 Å². The van der Waals surface area contributed by atoms with Gasteiger partial charge in [0.2, 0.25) is 0 Å². The van der Waals surface area contributed by atoms with E-state index in [-0.39, 0.29) is 17.1 Å². The van der Waals surface area contributed by atoms with Crippen molar-refractivity contribution in [2.24, 2.45) is 7.05 Å². The molecule has 3 aromatic heterocycles. The maximum absolute atomic E-state index is 13.1. The molecule has 2 N–H and O–H groups in total. The Kier molecular flexibility index (Phi) is 6.06. The number of rotatable bonds is 6. The van der Waals surface area contributed by atoms with Crippen LogP contribution in [0.25, 0.3) is 16.6 Å². The Morgan fingerprint density at radius 2 is 1.81 bits per heavy atom. The number of hydrogen-bond acceptors (Lipinski definition) is 7. The Morgan fingerprint density at radius 3 is 2.51 bits per heavy atom. The molecule has 186 valence electrons. The van der Waals surface area contributed by atoms with Crippen molar-refractivity contribution in [2.45, 2.75) is 6.92 Å². The molecule has 0 radical (unpaired) electrons. The summed E-state index contributed by atoms with van der Waals surface area (Å²) in [5, 5.41) is 13.3. The maximum atomic E-state index is 13.1. The third kappa shape index (κ3) is 4.36. The average molecular weight is 498 g/mol. The first-order chi connectivity index (χ1) is 17.9. The molecule has 0 unspecified atom stereocenters. The van der Waals surface area contributed by atoms with Crippen LogP contribution in [0.15, 0.2) is 77.9 Å². The number of carbonyl (C=O) groups excluding carboxylic acids is 1. The number of fused-ring (bicyclic) bond motifs is 1. The first-order valence-electron chi connectivity index (χ1n) is 11.3. The van der Waals surface area contributed by atoms with Gasteiger partial charge in [0.1, 0.15) is 22.9 Å². The highest BCUT2D eigenvalue weighted by molar-refractivity contribution is 6.04. The highest BCUT2D eigenvalue weighted by Crippen LogP contribution is 2.36. The second-order valence-electron chi connectivity index (χ2n) is 8.22. The molecule has 1 amide bonds. The molecule has 0 saturated carbocycles. The van der Waals surface area contributed by atoms with E-state index in [4.69, 9.17) is 9.47 Å². The number of aromatic hydroxyl groups is 1. The molecule has 0 aliphatic rings. The number of phenolic OH excluding ortho intramolecular Hbond substituents is 1. The maximum Gasteiger partial charge on any atom is 0.284 e. The van der Waals surface area contributed by atoms with E-state index in [9.17, 15) is 14.7 Å². The van der Waals surface area contributed by atoms with Gasteiger partial charge in [-0.15, -0.1) is 0 Å². The van der Waals surface area contributed by atoms with Gasteiger partial charge in [-0.3, -0.25) is 19.3 Å². The third-order valence-electron chi connectivity index (χ3n) is 5.99. The van der Waals surface area contributed by atoms with Crippen molar-refractivity contribution in [3.63, 3.8) is 0 Å². The van der Waals surface area contributed by atoms with Gasteiger partial charge in [-0.2, -0.15) is 0 Å². The summed E-state index contributed by atoms with van der Waals surface area (Å²) in [6.07, 6.45) is 3.02. The molecule has 0 atom stereocenters. The predicted molar refractivity (Wildman–Crippen MR) is 138 cm³/mol. The highest BCUT2D eigenvalue weighted by atomic mass is 16.5. The fourth-order valence-corrected chi connectivity index (χ4v) is 4.04. The van der Waals surface area contributed by atoms with Crippen LogP contribution in [0.3, 0.4) is 0 Å². The van der Waals surface area contributed by atoms with Crippen molar-refractivity contribution in [3.05, 3.63) is 94.7 Å². The summed E-state index contributed by atoms with van der Waals surface area (Å²) in [4.78, 5) is 34.6. The van der Waals surface area contributed by atoms with E-state index in [1.165, 1.54) is 24.1 Å². The highest BCUT2D eigenvalue weighted by Gasteiger charge is 2.22. The second-order valence-corrected chi connectivity index (χ2v) is 8.22. The summed E-state index contributed by atoms with van der Waals surface area (Å²) in [6.45, 7) is 1.72. The smallest absolute Gasteiger partial charge is 0.284 e. The van der Waals surface area contributed by atoms with E-state index in [1.807, 2.05) is 18.2 Å². The summed E-state index contributed by atoms with van der Waals surface area (Å²) in [7, 11) is 3.19. The molecule has 0 aliphatic carbocycles.